The molecule has 0 aromatic heterocycles. The van der Waals surface area contributed by atoms with Crippen LogP contribution in [0.1, 0.15) is 52.9 Å². The Labute approximate surface area is 268 Å². The van der Waals surface area contributed by atoms with Gasteiger partial charge in [0, 0.05) is 46.1 Å². The second kappa shape index (κ2) is 21.1. The van der Waals surface area contributed by atoms with Crippen molar-refractivity contribution in [2.45, 2.75) is 77.2 Å². The Morgan fingerprint density at radius 2 is 1.24 bits per heavy atom. The number of guanidine groups is 2. The summed E-state index contributed by atoms with van der Waals surface area (Å²) in [4.78, 5) is 84.0. The molecular formula is C27H50N12O7. The van der Waals surface area contributed by atoms with Gasteiger partial charge >= 0.3 is 0 Å². The second-order valence-electron chi connectivity index (χ2n) is 10.9. The lowest BCUT2D eigenvalue weighted by molar-refractivity contribution is -0.143. The Morgan fingerprint density at radius 3 is 1.72 bits per heavy atom. The van der Waals surface area contributed by atoms with Gasteiger partial charge in [0.2, 0.25) is 35.4 Å². The van der Waals surface area contributed by atoms with Gasteiger partial charge in [0.15, 0.2) is 11.9 Å². The first-order chi connectivity index (χ1) is 21.7. The van der Waals surface area contributed by atoms with Crippen molar-refractivity contribution in [2.75, 3.05) is 45.8 Å². The minimum absolute atomic E-state index is 0.0739. The van der Waals surface area contributed by atoms with Crippen molar-refractivity contribution in [3.8, 4) is 0 Å². The van der Waals surface area contributed by atoms with Crippen molar-refractivity contribution in [3.63, 3.8) is 0 Å². The molecule has 0 aromatic carbocycles. The molecule has 0 aromatic rings. The summed E-state index contributed by atoms with van der Waals surface area (Å²) in [6, 6.07) is -2.02. The van der Waals surface area contributed by atoms with Crippen LogP contribution in [0.25, 0.3) is 0 Å². The molecule has 4 unspecified atom stereocenters. The minimum atomic E-state index is -1.08. The first-order valence-corrected chi connectivity index (χ1v) is 15.1. The van der Waals surface area contributed by atoms with Gasteiger partial charge in [-0.05, 0) is 39.5 Å². The maximum Gasteiger partial charge on any atom is 0.243 e. The molecule has 1 heterocycles. The van der Waals surface area contributed by atoms with Crippen molar-refractivity contribution >= 4 is 47.4 Å². The zero-order chi connectivity index (χ0) is 34.6. The SMILES string of the molecule is CC(=O)NC(CCCN=C(N)N)C(=O)NCC(=O)NC(CCCN=C(N)N)C(=O)NCC(=O)NCCC(=O)N1CC(C)OC(C)C1. The number of hydrogen-bond donors (Lipinski definition) is 9. The molecule has 1 fully saturated rings. The normalized spacial score (nSPS) is 17.0. The van der Waals surface area contributed by atoms with E-state index in [0.717, 1.165) is 0 Å². The van der Waals surface area contributed by atoms with Crippen LogP contribution in [-0.2, 0) is 33.5 Å². The van der Waals surface area contributed by atoms with E-state index < -0.39 is 54.7 Å². The first kappa shape index (κ1) is 39.3. The molecule has 0 aliphatic carbocycles. The monoisotopic (exact) mass is 654 g/mol. The molecule has 1 aliphatic heterocycles. The highest BCUT2D eigenvalue weighted by Crippen LogP contribution is 2.11. The van der Waals surface area contributed by atoms with Gasteiger partial charge in [0.05, 0.1) is 25.3 Å². The van der Waals surface area contributed by atoms with Gasteiger partial charge in [-0.1, -0.05) is 0 Å². The summed E-state index contributed by atoms with van der Waals surface area (Å²) in [5.41, 5.74) is 21.3. The van der Waals surface area contributed by atoms with E-state index in [9.17, 15) is 28.8 Å². The predicted molar refractivity (Wildman–Crippen MR) is 170 cm³/mol. The maximum absolute atomic E-state index is 12.9. The van der Waals surface area contributed by atoms with Gasteiger partial charge in [-0.15, -0.1) is 0 Å². The quantitative estimate of drug-likeness (QED) is 0.0363. The third-order valence-electron chi connectivity index (χ3n) is 6.52. The highest BCUT2D eigenvalue weighted by Gasteiger charge is 2.26. The Bertz CT molecular complexity index is 1100. The Morgan fingerprint density at radius 1 is 0.761 bits per heavy atom. The molecule has 0 radical (unpaired) electrons. The summed E-state index contributed by atoms with van der Waals surface area (Å²) in [7, 11) is 0. The molecule has 1 aliphatic rings. The third kappa shape index (κ3) is 17.6. The van der Waals surface area contributed by atoms with Gasteiger partial charge < -0.3 is 59.2 Å². The summed E-state index contributed by atoms with van der Waals surface area (Å²) in [5.74, 6) is -3.27. The van der Waals surface area contributed by atoms with Crippen LogP contribution in [0.4, 0.5) is 0 Å². The van der Waals surface area contributed by atoms with Crippen LogP contribution in [0.3, 0.4) is 0 Å². The van der Waals surface area contributed by atoms with E-state index in [1.165, 1.54) is 6.92 Å². The van der Waals surface area contributed by atoms with Crippen molar-refractivity contribution in [1.82, 2.24) is 31.5 Å². The van der Waals surface area contributed by atoms with Crippen LogP contribution in [0.15, 0.2) is 9.98 Å². The average molecular weight is 655 g/mol. The van der Waals surface area contributed by atoms with Crippen LogP contribution in [0.5, 0.6) is 0 Å². The number of nitrogens with zero attached hydrogens (tertiary/aromatic N) is 3. The van der Waals surface area contributed by atoms with Crippen LogP contribution in [-0.4, -0.2) is 122 Å². The summed E-state index contributed by atoms with van der Waals surface area (Å²) in [5, 5.41) is 12.5. The van der Waals surface area contributed by atoms with Gasteiger partial charge in [-0.2, -0.15) is 0 Å². The second-order valence-corrected chi connectivity index (χ2v) is 10.9. The molecule has 13 N–H and O–H groups in total. The molecule has 0 saturated carbocycles. The fraction of sp³-hybridized carbons (Fsp3) is 0.704. The Hall–Kier alpha value is -4.68. The molecule has 260 valence electrons. The first-order valence-electron chi connectivity index (χ1n) is 15.1. The number of nitrogens with one attached hydrogen (secondary N) is 5. The van der Waals surface area contributed by atoms with E-state index in [1.807, 2.05) is 13.8 Å². The van der Waals surface area contributed by atoms with Crippen LogP contribution < -0.4 is 49.5 Å². The lowest BCUT2D eigenvalue weighted by atomic mass is 10.1. The molecule has 46 heavy (non-hydrogen) atoms. The average Bonchev–Trinajstić information content (AvgIpc) is 2.96. The molecule has 1 saturated heterocycles. The van der Waals surface area contributed by atoms with E-state index in [0.29, 0.717) is 25.9 Å². The number of amides is 6. The van der Waals surface area contributed by atoms with E-state index in [-0.39, 0.29) is 68.9 Å². The third-order valence-corrected chi connectivity index (χ3v) is 6.52. The summed E-state index contributed by atoms with van der Waals surface area (Å²) in [6.07, 6.45) is 0.973. The fourth-order valence-corrected chi connectivity index (χ4v) is 4.53. The molecule has 0 spiro atoms. The summed E-state index contributed by atoms with van der Waals surface area (Å²) < 4.78 is 5.63. The summed E-state index contributed by atoms with van der Waals surface area (Å²) >= 11 is 0. The van der Waals surface area contributed by atoms with Gasteiger partial charge in [-0.25, -0.2) is 0 Å². The number of rotatable bonds is 19. The lowest BCUT2D eigenvalue weighted by Gasteiger charge is -2.35. The number of morpholine rings is 1. The highest BCUT2D eigenvalue weighted by molar-refractivity contribution is 5.93. The smallest absolute Gasteiger partial charge is 0.243 e. The van der Waals surface area contributed by atoms with Crippen molar-refractivity contribution in [1.29, 1.82) is 0 Å². The number of carbonyl (C=O) groups is 6. The maximum atomic E-state index is 12.9. The fourth-order valence-electron chi connectivity index (χ4n) is 4.53. The predicted octanol–water partition coefficient (Wildman–Crippen LogP) is -4.54. The minimum Gasteiger partial charge on any atom is -0.372 e. The van der Waals surface area contributed by atoms with Crippen molar-refractivity contribution < 1.29 is 33.5 Å². The number of ether oxygens (including phenoxy) is 1. The van der Waals surface area contributed by atoms with Crippen LogP contribution in [0, 0.1) is 0 Å². The zero-order valence-corrected chi connectivity index (χ0v) is 26.8. The summed E-state index contributed by atoms with van der Waals surface area (Å²) in [6.45, 7) is 5.60. The van der Waals surface area contributed by atoms with Crippen LogP contribution in [0.2, 0.25) is 0 Å². The number of hydrogen-bond acceptors (Lipinski definition) is 9. The molecule has 4 atom stereocenters. The largest absolute Gasteiger partial charge is 0.372 e. The Kier molecular flexibility index (Phi) is 18.1. The molecule has 6 amide bonds. The van der Waals surface area contributed by atoms with Crippen molar-refractivity contribution in [3.05, 3.63) is 0 Å². The van der Waals surface area contributed by atoms with E-state index in [1.54, 1.807) is 4.90 Å². The van der Waals surface area contributed by atoms with E-state index >= 15 is 0 Å². The van der Waals surface area contributed by atoms with Gasteiger partial charge in [-0.3, -0.25) is 38.8 Å². The van der Waals surface area contributed by atoms with E-state index in [2.05, 4.69) is 36.6 Å². The molecule has 1 rings (SSSR count). The number of nitrogens with two attached hydrogens (primary N) is 4. The molecular weight excluding hydrogens is 604 g/mol. The van der Waals surface area contributed by atoms with Gasteiger partial charge in [0.25, 0.3) is 0 Å². The van der Waals surface area contributed by atoms with E-state index in [4.69, 9.17) is 27.7 Å². The lowest BCUT2D eigenvalue weighted by Crippen LogP contribution is -2.53. The molecule has 19 heteroatoms. The molecule has 0 bridgehead atoms. The van der Waals surface area contributed by atoms with Gasteiger partial charge in [0.1, 0.15) is 12.1 Å². The Balaban J connectivity index is 2.63. The number of aliphatic imine (C=N–C) groups is 2. The standard InChI is InChI=1S/C27H50N12O7/c1-16-14-39(15-17(2)46-16)23(43)8-11-32-21(41)12-35-25(45)20(7-5-10-34-27(30)31)38-22(42)13-36-24(44)19(37-18(3)40)6-4-9-33-26(28)29/h16-17,19-20H,4-15H2,1-3H3,(H,32,41)(H,35,45)(H,36,44)(H,37,40)(H,38,42)(H4,28,29,33)(H4,30,31,34). The molecule has 19 nitrogen and oxygen atoms in total. The number of carbonyl (C=O) groups excluding carboxylic acids is 6. The van der Waals surface area contributed by atoms with Crippen molar-refractivity contribution in [2.24, 2.45) is 32.9 Å². The topological polar surface area (TPSA) is 304 Å². The highest BCUT2D eigenvalue weighted by atomic mass is 16.5. The van der Waals surface area contributed by atoms with Crippen LogP contribution >= 0.6 is 0 Å². The zero-order valence-electron chi connectivity index (χ0n) is 26.8.